The van der Waals surface area contributed by atoms with E-state index >= 15 is 0 Å². The minimum atomic E-state index is -0.510. The van der Waals surface area contributed by atoms with Crippen molar-refractivity contribution in [1.82, 2.24) is 0 Å². The van der Waals surface area contributed by atoms with Crippen molar-refractivity contribution in [3.63, 3.8) is 0 Å². The van der Waals surface area contributed by atoms with Crippen molar-refractivity contribution in [2.24, 2.45) is 28.6 Å². The summed E-state index contributed by atoms with van der Waals surface area (Å²) in [5.41, 5.74) is 0.353. The van der Waals surface area contributed by atoms with Crippen molar-refractivity contribution < 1.29 is 23.1 Å². The quantitative estimate of drug-likeness (QED) is 0.583. The van der Waals surface area contributed by atoms with Crippen molar-refractivity contribution in [1.29, 1.82) is 0 Å². The standard InChI is InChI=1S/C23H26F2O3/c1-13(26)28-20-5-4-17-21-16(12-25)15(11-24)19-10-14(27)6-8-22(19,2)18(21)7-9-23(17,20)3/h6,8,10-12,17-18,20-21H,4-5,7,9H2,1-3H3/b15-11+,16-12-/t17-,18-,20+,21-,22+,23-/m0/s1. The topological polar surface area (TPSA) is 43.4 Å². The van der Waals surface area contributed by atoms with Gasteiger partial charge < -0.3 is 4.74 Å². The smallest absolute Gasteiger partial charge is 0.302 e. The first-order valence-electron chi connectivity index (χ1n) is 10.00. The second-order valence-electron chi connectivity index (χ2n) is 9.12. The maximum Gasteiger partial charge on any atom is 0.302 e. The van der Waals surface area contributed by atoms with Crippen LogP contribution in [0.1, 0.15) is 46.5 Å². The summed E-state index contributed by atoms with van der Waals surface area (Å²) >= 11 is 0. The molecule has 0 amide bonds. The number of allylic oxidation sites excluding steroid dienone is 6. The van der Waals surface area contributed by atoms with Gasteiger partial charge in [0.15, 0.2) is 5.78 Å². The predicted molar refractivity (Wildman–Crippen MR) is 101 cm³/mol. The van der Waals surface area contributed by atoms with Crippen LogP contribution in [0.4, 0.5) is 8.78 Å². The fourth-order valence-corrected chi connectivity index (χ4v) is 6.56. The number of halogens is 2. The van der Waals surface area contributed by atoms with Crippen molar-refractivity contribution in [3.05, 3.63) is 47.6 Å². The minimum absolute atomic E-state index is 0.0722. The Morgan fingerprint density at radius 3 is 2.57 bits per heavy atom. The lowest BCUT2D eigenvalue weighted by Gasteiger charge is -2.57. The molecule has 3 saturated carbocycles. The Labute approximate surface area is 164 Å². The highest BCUT2D eigenvalue weighted by molar-refractivity contribution is 6.02. The molecule has 0 aromatic rings. The zero-order chi connectivity index (χ0) is 20.3. The van der Waals surface area contributed by atoms with Crippen molar-refractivity contribution in [2.45, 2.75) is 52.6 Å². The molecule has 150 valence electrons. The van der Waals surface area contributed by atoms with E-state index in [2.05, 4.69) is 6.92 Å². The number of carbonyl (C=O) groups excluding carboxylic acids is 2. The molecule has 0 spiro atoms. The maximum absolute atomic E-state index is 14.2. The van der Waals surface area contributed by atoms with Crippen molar-refractivity contribution in [3.8, 4) is 0 Å². The van der Waals surface area contributed by atoms with E-state index in [0.29, 0.717) is 23.8 Å². The molecule has 4 aliphatic rings. The maximum atomic E-state index is 14.2. The second kappa shape index (κ2) is 6.50. The Bertz CT molecular complexity index is 852. The molecule has 4 aliphatic carbocycles. The molecule has 0 heterocycles. The van der Waals surface area contributed by atoms with Crippen molar-refractivity contribution in [2.75, 3.05) is 0 Å². The molecule has 4 rings (SSSR count). The molecule has 0 bridgehead atoms. The van der Waals surface area contributed by atoms with Gasteiger partial charge in [0.2, 0.25) is 0 Å². The number of ether oxygens (including phenoxy) is 1. The van der Waals surface area contributed by atoms with E-state index in [1.807, 2.05) is 13.0 Å². The SMILES string of the molecule is CC(=O)O[C@@H]1CC[C@H]2[C@@H]3C(=C\F)/C(=C\F)C4=CC(=O)C=C[C@]4(C)[C@H]3CC[C@]12C. The van der Waals surface area contributed by atoms with Gasteiger partial charge in [0.05, 0.1) is 12.7 Å². The molecular formula is C23H26F2O3. The van der Waals surface area contributed by atoms with Crippen LogP contribution in [0.15, 0.2) is 47.6 Å². The number of esters is 1. The lowest BCUT2D eigenvalue weighted by Crippen LogP contribution is -2.52. The van der Waals surface area contributed by atoms with Gasteiger partial charge in [-0.2, -0.15) is 0 Å². The largest absolute Gasteiger partial charge is 0.462 e. The molecule has 0 aromatic carbocycles. The molecule has 28 heavy (non-hydrogen) atoms. The first-order valence-corrected chi connectivity index (χ1v) is 10.00. The molecule has 6 atom stereocenters. The Morgan fingerprint density at radius 2 is 1.93 bits per heavy atom. The first-order chi connectivity index (χ1) is 13.3. The highest BCUT2D eigenvalue weighted by atomic mass is 19.1. The number of ketones is 1. The Hall–Kier alpha value is -2.04. The third-order valence-corrected chi connectivity index (χ3v) is 7.91. The van der Waals surface area contributed by atoms with Gasteiger partial charge in [-0.05, 0) is 66.7 Å². The zero-order valence-electron chi connectivity index (χ0n) is 16.5. The molecule has 0 aromatic heterocycles. The lowest BCUT2D eigenvalue weighted by atomic mass is 9.46. The molecule has 3 nitrogen and oxygen atoms in total. The van der Waals surface area contributed by atoms with Crippen LogP contribution < -0.4 is 0 Å². The number of fused-ring (bicyclic) bond motifs is 5. The van der Waals surface area contributed by atoms with E-state index in [0.717, 1.165) is 25.7 Å². The Morgan fingerprint density at radius 1 is 1.18 bits per heavy atom. The van der Waals surface area contributed by atoms with Crippen molar-refractivity contribution >= 4 is 11.8 Å². The van der Waals surface area contributed by atoms with E-state index in [9.17, 15) is 18.4 Å². The average Bonchev–Trinajstić information content (AvgIpc) is 2.97. The van der Waals surface area contributed by atoms with Gasteiger partial charge in [-0.25, -0.2) is 8.78 Å². The summed E-state index contributed by atoms with van der Waals surface area (Å²) < 4.78 is 33.8. The fourth-order valence-electron chi connectivity index (χ4n) is 6.56. The number of hydrogen-bond donors (Lipinski definition) is 0. The predicted octanol–water partition coefficient (Wildman–Crippen LogP) is 5.15. The van der Waals surface area contributed by atoms with Gasteiger partial charge in [0, 0.05) is 23.3 Å². The number of carbonyl (C=O) groups is 2. The molecule has 0 unspecified atom stereocenters. The summed E-state index contributed by atoms with van der Waals surface area (Å²) in [5, 5.41) is 0. The first kappa shape index (κ1) is 19.3. The summed E-state index contributed by atoms with van der Waals surface area (Å²) in [5.74, 6) is -0.500. The molecule has 5 heteroatoms. The summed E-state index contributed by atoms with van der Waals surface area (Å²) in [7, 11) is 0. The van der Waals surface area contributed by atoms with Gasteiger partial charge in [0.25, 0.3) is 0 Å². The van der Waals surface area contributed by atoms with Crippen LogP contribution in [0.3, 0.4) is 0 Å². The molecule has 0 N–H and O–H groups in total. The summed E-state index contributed by atoms with van der Waals surface area (Å²) in [6.07, 6.45) is 8.87. The third kappa shape index (κ3) is 2.51. The van der Waals surface area contributed by atoms with Gasteiger partial charge in [0.1, 0.15) is 6.10 Å². The lowest BCUT2D eigenvalue weighted by molar-refractivity contribution is -0.155. The molecule has 3 fully saturated rings. The van der Waals surface area contributed by atoms with E-state index < -0.39 is 5.41 Å². The summed E-state index contributed by atoms with van der Waals surface area (Å²) in [6, 6.07) is 0. The summed E-state index contributed by atoms with van der Waals surface area (Å²) in [6.45, 7) is 5.57. The molecule has 0 radical (unpaired) electrons. The van der Waals surface area contributed by atoms with Crippen LogP contribution in [0.25, 0.3) is 0 Å². The summed E-state index contributed by atoms with van der Waals surface area (Å²) in [4.78, 5) is 23.6. The van der Waals surface area contributed by atoms with Gasteiger partial charge in [-0.1, -0.05) is 19.9 Å². The van der Waals surface area contributed by atoms with Crippen LogP contribution in [-0.2, 0) is 14.3 Å². The van der Waals surface area contributed by atoms with Crippen LogP contribution >= 0.6 is 0 Å². The van der Waals surface area contributed by atoms with Gasteiger partial charge in [-0.15, -0.1) is 0 Å². The average molecular weight is 388 g/mol. The highest BCUT2D eigenvalue weighted by Crippen LogP contribution is 2.67. The number of rotatable bonds is 1. The Kier molecular flexibility index (Phi) is 4.48. The molecule has 0 saturated heterocycles. The van der Waals surface area contributed by atoms with Gasteiger partial charge in [-0.3, -0.25) is 9.59 Å². The zero-order valence-corrected chi connectivity index (χ0v) is 16.5. The monoisotopic (exact) mass is 388 g/mol. The molecular weight excluding hydrogens is 362 g/mol. The van der Waals surface area contributed by atoms with E-state index in [1.54, 1.807) is 6.08 Å². The van der Waals surface area contributed by atoms with E-state index in [4.69, 9.17) is 4.74 Å². The minimum Gasteiger partial charge on any atom is -0.462 e. The highest BCUT2D eigenvalue weighted by Gasteiger charge is 2.61. The van der Waals surface area contributed by atoms with Crippen LogP contribution in [0.2, 0.25) is 0 Å². The fraction of sp³-hybridized carbons (Fsp3) is 0.565. The number of hydrogen-bond acceptors (Lipinski definition) is 3. The van der Waals surface area contributed by atoms with Crippen LogP contribution in [0.5, 0.6) is 0 Å². The van der Waals surface area contributed by atoms with Gasteiger partial charge >= 0.3 is 5.97 Å². The molecule has 0 aliphatic heterocycles. The normalized spacial score (nSPS) is 44.8. The van der Waals surface area contributed by atoms with Crippen LogP contribution in [0, 0.1) is 28.6 Å². The second-order valence-corrected chi connectivity index (χ2v) is 9.12. The Balaban J connectivity index is 1.82. The van der Waals surface area contributed by atoms with Crippen LogP contribution in [-0.4, -0.2) is 17.9 Å². The third-order valence-electron chi connectivity index (χ3n) is 7.91. The van der Waals surface area contributed by atoms with E-state index in [-0.39, 0.29) is 46.6 Å². The van der Waals surface area contributed by atoms with E-state index in [1.165, 1.54) is 13.0 Å².